The van der Waals surface area contributed by atoms with Gasteiger partial charge in [-0.15, -0.1) is 0 Å². The summed E-state index contributed by atoms with van der Waals surface area (Å²) in [5, 5.41) is 14.3. The summed E-state index contributed by atoms with van der Waals surface area (Å²) >= 11 is 0. The van der Waals surface area contributed by atoms with Crippen LogP contribution in [-0.2, 0) is 30.9 Å². The van der Waals surface area contributed by atoms with E-state index in [0.717, 1.165) is 11.8 Å². The minimum atomic E-state index is -3.99. The maximum atomic E-state index is 13.5. The molecule has 40 heavy (non-hydrogen) atoms. The van der Waals surface area contributed by atoms with Crippen molar-refractivity contribution >= 4 is 25.6 Å². The molecule has 222 valence electrons. The maximum absolute atomic E-state index is 13.5. The maximum Gasteiger partial charge on any atom is 0.258 e. The molecule has 4 N–H and O–H groups in total. The molecule has 0 saturated carbocycles. The number of sulfone groups is 2. The Bertz CT molecular complexity index is 1410. The molecule has 1 heterocycles. The van der Waals surface area contributed by atoms with Gasteiger partial charge in [-0.2, -0.15) is 5.06 Å². The normalized spacial score (nSPS) is 16.8. The second-order valence-corrected chi connectivity index (χ2v) is 15.6. The number of benzene rings is 2. The molecule has 0 aromatic heterocycles. The van der Waals surface area contributed by atoms with Gasteiger partial charge in [-0.3, -0.25) is 4.79 Å². The van der Waals surface area contributed by atoms with Gasteiger partial charge in [0, 0.05) is 25.4 Å². The van der Waals surface area contributed by atoms with Crippen molar-refractivity contribution in [2.75, 3.05) is 31.9 Å². The Labute approximate surface area is 236 Å². The fourth-order valence-corrected chi connectivity index (χ4v) is 6.88. The van der Waals surface area contributed by atoms with Crippen LogP contribution in [0.1, 0.15) is 33.3 Å². The summed E-state index contributed by atoms with van der Waals surface area (Å²) in [4.78, 5) is 13.5. The van der Waals surface area contributed by atoms with E-state index in [0.29, 0.717) is 23.0 Å². The van der Waals surface area contributed by atoms with Crippen LogP contribution in [0.4, 0.5) is 0 Å². The van der Waals surface area contributed by atoms with E-state index in [1.54, 1.807) is 6.92 Å². The molecule has 3 atom stereocenters. The SMILES string of the molecule is C[C@H](CNC(=O)C(N)(N(O)C[C@@H](C)CS(=O)(=O)c1ccc2c(c1)OCO2)C(C)(C)S(C)(=O)=O)Cc1ccccc1. The van der Waals surface area contributed by atoms with Gasteiger partial charge in [-0.25, -0.2) is 16.8 Å². The van der Waals surface area contributed by atoms with Gasteiger partial charge in [0.15, 0.2) is 36.8 Å². The predicted octanol–water partition coefficient (Wildman–Crippen LogP) is 1.99. The van der Waals surface area contributed by atoms with E-state index < -0.39 is 54.2 Å². The Morgan fingerprint density at radius 2 is 1.68 bits per heavy atom. The average Bonchev–Trinajstić information content (AvgIpc) is 3.34. The fourth-order valence-electron chi connectivity index (χ4n) is 4.51. The third-order valence-electron chi connectivity index (χ3n) is 7.33. The number of nitrogens with one attached hydrogen (secondary N) is 1. The average molecular weight is 598 g/mol. The van der Waals surface area contributed by atoms with Crippen LogP contribution in [-0.4, -0.2) is 75.3 Å². The minimum Gasteiger partial charge on any atom is -0.454 e. The van der Waals surface area contributed by atoms with Crippen molar-refractivity contribution in [3.63, 3.8) is 0 Å². The standard InChI is InChI=1S/C27H39N3O8S2/c1-19(13-21-9-7-6-8-10-21)15-29-25(31)27(28,26(3,4)39(5,33)34)30(32)16-20(2)17-40(35,36)22-11-12-23-24(14-22)38-18-37-23/h6-12,14,19-20,32H,13,15-18,28H2,1-5H3,(H,29,31)/t19-,20+,27?/m0/s1. The first-order chi connectivity index (χ1) is 18.5. The monoisotopic (exact) mass is 597 g/mol. The van der Waals surface area contributed by atoms with Crippen LogP contribution in [0.3, 0.4) is 0 Å². The molecule has 1 unspecified atom stereocenters. The lowest BCUT2D eigenvalue weighted by atomic mass is 9.92. The molecule has 0 radical (unpaired) electrons. The fraction of sp³-hybridized carbons (Fsp3) is 0.519. The molecular formula is C27H39N3O8S2. The molecule has 13 heteroatoms. The first kappa shape index (κ1) is 31.8. The molecule has 0 fully saturated rings. The van der Waals surface area contributed by atoms with E-state index in [9.17, 15) is 26.8 Å². The molecule has 1 aliphatic rings. The number of carbonyl (C=O) groups is 1. The number of hydrogen-bond acceptors (Lipinski definition) is 10. The molecule has 2 aromatic rings. The molecule has 0 bridgehead atoms. The van der Waals surface area contributed by atoms with Gasteiger partial charge in [0.05, 0.1) is 10.6 Å². The van der Waals surface area contributed by atoms with E-state index >= 15 is 0 Å². The molecule has 0 saturated heterocycles. The van der Waals surface area contributed by atoms with E-state index in [-0.39, 0.29) is 24.2 Å². The number of hydroxylamine groups is 2. The van der Waals surface area contributed by atoms with Gasteiger partial charge >= 0.3 is 0 Å². The van der Waals surface area contributed by atoms with Gasteiger partial charge in [-0.05, 0) is 49.8 Å². The minimum absolute atomic E-state index is 0.00346. The van der Waals surface area contributed by atoms with Crippen LogP contribution in [0.25, 0.3) is 0 Å². The van der Waals surface area contributed by atoms with Crippen molar-refractivity contribution in [1.82, 2.24) is 10.4 Å². The van der Waals surface area contributed by atoms with Gasteiger partial charge < -0.3 is 25.7 Å². The number of nitrogens with two attached hydrogens (primary N) is 1. The second kappa shape index (κ2) is 12.0. The Morgan fingerprint density at radius 3 is 2.30 bits per heavy atom. The van der Waals surface area contributed by atoms with Gasteiger partial charge in [0.25, 0.3) is 5.91 Å². The first-order valence-electron chi connectivity index (χ1n) is 12.9. The van der Waals surface area contributed by atoms with Crippen molar-refractivity contribution in [1.29, 1.82) is 0 Å². The quantitative estimate of drug-likeness (QED) is 0.230. The molecule has 1 amide bonds. The van der Waals surface area contributed by atoms with E-state index in [4.69, 9.17) is 15.2 Å². The molecular weight excluding hydrogens is 558 g/mol. The smallest absolute Gasteiger partial charge is 0.258 e. The number of nitrogens with zero attached hydrogens (tertiary/aromatic N) is 1. The number of ether oxygens (including phenoxy) is 2. The zero-order valence-electron chi connectivity index (χ0n) is 23.5. The van der Waals surface area contributed by atoms with Crippen LogP contribution in [0, 0.1) is 11.8 Å². The van der Waals surface area contributed by atoms with Crippen molar-refractivity contribution in [2.24, 2.45) is 17.6 Å². The number of hydrogen-bond donors (Lipinski definition) is 3. The zero-order chi connectivity index (χ0) is 29.9. The summed E-state index contributed by atoms with van der Waals surface area (Å²) in [7, 11) is -7.83. The third kappa shape index (κ3) is 6.77. The van der Waals surface area contributed by atoms with Crippen LogP contribution >= 0.6 is 0 Å². The largest absolute Gasteiger partial charge is 0.454 e. The molecule has 0 spiro atoms. The van der Waals surface area contributed by atoms with E-state index in [1.165, 1.54) is 32.0 Å². The Hall–Kier alpha value is -2.71. The van der Waals surface area contributed by atoms with Crippen molar-refractivity contribution in [3.05, 3.63) is 54.1 Å². The highest BCUT2D eigenvalue weighted by Gasteiger charge is 2.58. The van der Waals surface area contributed by atoms with Crippen molar-refractivity contribution in [3.8, 4) is 11.5 Å². The van der Waals surface area contributed by atoms with Crippen LogP contribution < -0.4 is 20.5 Å². The van der Waals surface area contributed by atoms with E-state index in [1.807, 2.05) is 37.3 Å². The van der Waals surface area contributed by atoms with Crippen molar-refractivity contribution < 1.29 is 36.3 Å². The summed E-state index contributed by atoms with van der Waals surface area (Å²) in [5.41, 5.74) is 5.12. The van der Waals surface area contributed by atoms with Crippen LogP contribution in [0.5, 0.6) is 11.5 Å². The first-order valence-corrected chi connectivity index (χ1v) is 16.4. The van der Waals surface area contributed by atoms with E-state index in [2.05, 4.69) is 5.32 Å². The summed E-state index contributed by atoms with van der Waals surface area (Å²) in [6.07, 6.45) is 1.59. The lowest BCUT2D eigenvalue weighted by Crippen LogP contribution is -2.76. The van der Waals surface area contributed by atoms with Gasteiger partial charge in [-0.1, -0.05) is 44.2 Å². The van der Waals surface area contributed by atoms with Gasteiger partial charge in [0.2, 0.25) is 6.79 Å². The highest BCUT2D eigenvalue weighted by molar-refractivity contribution is 7.92. The molecule has 2 aromatic carbocycles. The summed E-state index contributed by atoms with van der Waals surface area (Å²) in [5.74, 6) is -1.32. The molecule has 3 rings (SSSR count). The summed E-state index contributed by atoms with van der Waals surface area (Å²) in [6, 6.07) is 13.9. The molecule has 11 nitrogen and oxygen atoms in total. The highest BCUT2D eigenvalue weighted by Crippen LogP contribution is 2.35. The Morgan fingerprint density at radius 1 is 1.05 bits per heavy atom. The van der Waals surface area contributed by atoms with Crippen molar-refractivity contribution in [2.45, 2.75) is 49.4 Å². The number of fused-ring (bicyclic) bond motifs is 1. The summed E-state index contributed by atoms with van der Waals surface area (Å²) < 4.78 is 60.2. The number of rotatable bonds is 13. The Kier molecular flexibility index (Phi) is 9.57. The summed E-state index contributed by atoms with van der Waals surface area (Å²) in [6.45, 7) is 5.77. The third-order valence-corrected chi connectivity index (χ3v) is 11.5. The van der Waals surface area contributed by atoms with Crippen LogP contribution in [0.2, 0.25) is 0 Å². The topological polar surface area (TPSA) is 165 Å². The molecule has 1 aliphatic heterocycles. The zero-order valence-corrected chi connectivity index (χ0v) is 25.1. The predicted molar refractivity (Wildman–Crippen MR) is 150 cm³/mol. The van der Waals surface area contributed by atoms with Gasteiger partial charge in [0.1, 0.15) is 4.75 Å². The lowest BCUT2D eigenvalue weighted by Gasteiger charge is -2.45. The lowest BCUT2D eigenvalue weighted by molar-refractivity contribution is -0.195. The second-order valence-electron chi connectivity index (χ2n) is 11.0. The Balaban J connectivity index is 1.77. The molecule has 0 aliphatic carbocycles. The number of carbonyl (C=O) groups excluding carboxylic acids is 1. The number of amides is 1. The highest BCUT2D eigenvalue weighted by atomic mass is 32.2. The van der Waals surface area contributed by atoms with Crippen LogP contribution in [0.15, 0.2) is 53.4 Å².